The maximum atomic E-state index is 14.7. The van der Waals surface area contributed by atoms with Crippen molar-refractivity contribution in [1.29, 1.82) is 0 Å². The molecule has 1 atom stereocenters. The molecule has 30 heavy (non-hydrogen) atoms. The third kappa shape index (κ3) is 3.45. The van der Waals surface area contributed by atoms with E-state index in [4.69, 9.17) is 0 Å². The molecule has 7 heteroatoms. The lowest BCUT2D eigenvalue weighted by atomic mass is 9.95. The first-order valence-corrected chi connectivity index (χ1v) is 9.15. The fourth-order valence-corrected chi connectivity index (χ4v) is 3.52. The molecule has 2 heterocycles. The average molecular weight is 406 g/mol. The van der Waals surface area contributed by atoms with E-state index in [0.29, 0.717) is 5.56 Å². The van der Waals surface area contributed by atoms with E-state index in [0.717, 1.165) is 0 Å². The van der Waals surface area contributed by atoms with E-state index < -0.39 is 35.1 Å². The van der Waals surface area contributed by atoms with Crippen LogP contribution in [-0.4, -0.2) is 26.7 Å². The van der Waals surface area contributed by atoms with E-state index >= 15 is 0 Å². The molecule has 1 unspecified atom stereocenters. The third-order valence-corrected chi connectivity index (χ3v) is 4.96. The lowest BCUT2D eigenvalue weighted by Gasteiger charge is -2.25. The van der Waals surface area contributed by atoms with E-state index in [-0.39, 0.29) is 23.2 Å². The number of rotatable bonds is 4. The van der Waals surface area contributed by atoms with Crippen LogP contribution in [0.2, 0.25) is 0 Å². The summed E-state index contributed by atoms with van der Waals surface area (Å²) in [6.45, 7) is -0.0586. The van der Waals surface area contributed by atoms with Gasteiger partial charge in [0.1, 0.15) is 17.4 Å². The number of pyridine rings is 1. The molecular weight excluding hydrogens is 390 g/mol. The van der Waals surface area contributed by atoms with Crippen LogP contribution in [0.25, 0.3) is 5.76 Å². The Balaban J connectivity index is 1.87. The van der Waals surface area contributed by atoms with Gasteiger partial charge in [-0.05, 0) is 35.9 Å². The van der Waals surface area contributed by atoms with Crippen LogP contribution in [0, 0.1) is 11.6 Å². The summed E-state index contributed by atoms with van der Waals surface area (Å²) < 4.78 is 27.9. The summed E-state index contributed by atoms with van der Waals surface area (Å²) >= 11 is 0. The van der Waals surface area contributed by atoms with Crippen LogP contribution in [0.3, 0.4) is 0 Å². The Morgan fingerprint density at radius 2 is 1.63 bits per heavy atom. The summed E-state index contributed by atoms with van der Waals surface area (Å²) in [4.78, 5) is 30.8. The Hall–Kier alpha value is -3.87. The molecule has 5 nitrogen and oxygen atoms in total. The largest absolute Gasteiger partial charge is 0.507 e. The molecule has 150 valence electrons. The summed E-state index contributed by atoms with van der Waals surface area (Å²) in [5.41, 5.74) is 0.711. The standard InChI is InChI=1S/C23H16F2N2O3/c24-16-7-5-14(6-8-16)13-27-20(17-3-1-2-4-18(17)25)19(22(29)23(27)30)21(28)15-9-11-26-12-10-15/h1-12,20,28H,13H2/b21-19-. The zero-order chi connectivity index (χ0) is 21.3. The van der Waals surface area contributed by atoms with Gasteiger partial charge in [-0.15, -0.1) is 0 Å². The minimum Gasteiger partial charge on any atom is -0.507 e. The number of Topliss-reactive ketones (excluding diaryl/α,β-unsaturated/α-hetero) is 1. The normalized spacial score (nSPS) is 18.1. The van der Waals surface area contributed by atoms with Crippen molar-refractivity contribution in [3.63, 3.8) is 0 Å². The van der Waals surface area contributed by atoms with E-state index in [2.05, 4.69) is 4.98 Å². The van der Waals surface area contributed by atoms with Crippen molar-refractivity contribution in [3.8, 4) is 0 Å². The number of nitrogens with zero attached hydrogens (tertiary/aromatic N) is 2. The molecule has 3 aromatic rings. The topological polar surface area (TPSA) is 70.5 Å². The predicted molar refractivity (Wildman–Crippen MR) is 105 cm³/mol. The van der Waals surface area contributed by atoms with Gasteiger partial charge in [0.25, 0.3) is 11.7 Å². The third-order valence-electron chi connectivity index (χ3n) is 4.96. The molecular formula is C23H16F2N2O3. The van der Waals surface area contributed by atoms with Crippen molar-refractivity contribution in [2.45, 2.75) is 12.6 Å². The molecule has 0 spiro atoms. The first kappa shape index (κ1) is 19.4. The molecule has 0 aliphatic carbocycles. The number of benzene rings is 2. The first-order chi connectivity index (χ1) is 14.5. The zero-order valence-electron chi connectivity index (χ0n) is 15.6. The first-order valence-electron chi connectivity index (χ1n) is 9.15. The molecule has 1 aromatic heterocycles. The molecule has 1 amide bonds. The van der Waals surface area contributed by atoms with Crippen molar-refractivity contribution >= 4 is 17.4 Å². The fraction of sp³-hybridized carbons (Fsp3) is 0.0870. The average Bonchev–Trinajstić information content (AvgIpc) is 3.00. The Morgan fingerprint density at radius 3 is 2.30 bits per heavy atom. The van der Waals surface area contributed by atoms with Crippen molar-refractivity contribution < 1.29 is 23.5 Å². The molecule has 4 rings (SSSR count). The van der Waals surface area contributed by atoms with Gasteiger partial charge in [0.15, 0.2) is 0 Å². The highest BCUT2D eigenvalue weighted by atomic mass is 19.1. The number of hydrogen-bond donors (Lipinski definition) is 1. The molecule has 1 fully saturated rings. The SMILES string of the molecule is O=C1C(=O)N(Cc2ccc(F)cc2)C(c2ccccc2F)/C1=C(/O)c1ccncc1. The van der Waals surface area contributed by atoms with Gasteiger partial charge in [0.2, 0.25) is 0 Å². The number of hydrogen-bond acceptors (Lipinski definition) is 4. The lowest BCUT2D eigenvalue weighted by molar-refractivity contribution is -0.140. The maximum absolute atomic E-state index is 14.7. The number of aliphatic hydroxyl groups excluding tert-OH is 1. The molecule has 0 bridgehead atoms. The Kier molecular flexibility index (Phi) is 5.10. The highest BCUT2D eigenvalue weighted by Crippen LogP contribution is 2.41. The zero-order valence-corrected chi connectivity index (χ0v) is 15.6. The Bertz CT molecular complexity index is 1140. The van der Waals surface area contributed by atoms with E-state index in [1.807, 2.05) is 0 Å². The van der Waals surface area contributed by atoms with Gasteiger partial charge >= 0.3 is 0 Å². The van der Waals surface area contributed by atoms with Gasteiger partial charge in [-0.25, -0.2) is 8.78 Å². The number of carbonyl (C=O) groups is 2. The van der Waals surface area contributed by atoms with E-state index in [1.54, 1.807) is 6.07 Å². The van der Waals surface area contributed by atoms with Crippen LogP contribution in [0.5, 0.6) is 0 Å². The Labute approximate surface area is 170 Å². The van der Waals surface area contributed by atoms with E-state index in [1.165, 1.54) is 71.9 Å². The van der Waals surface area contributed by atoms with Crippen molar-refractivity contribution in [2.24, 2.45) is 0 Å². The second kappa shape index (κ2) is 7.87. The van der Waals surface area contributed by atoms with Crippen LogP contribution in [0.15, 0.2) is 78.6 Å². The molecule has 1 aliphatic heterocycles. The van der Waals surface area contributed by atoms with Gasteiger partial charge in [-0.3, -0.25) is 14.6 Å². The van der Waals surface area contributed by atoms with Crippen LogP contribution in [0.4, 0.5) is 8.78 Å². The smallest absolute Gasteiger partial charge is 0.295 e. The van der Waals surface area contributed by atoms with Crippen LogP contribution >= 0.6 is 0 Å². The number of halogens is 2. The highest BCUT2D eigenvalue weighted by Gasteiger charge is 2.46. The molecule has 1 N–H and O–H groups in total. The molecule has 0 saturated carbocycles. The lowest BCUT2D eigenvalue weighted by Crippen LogP contribution is -2.29. The number of likely N-dealkylation sites (tertiary alicyclic amines) is 1. The summed E-state index contributed by atoms with van der Waals surface area (Å²) in [5.74, 6) is -3.26. The summed E-state index contributed by atoms with van der Waals surface area (Å²) in [7, 11) is 0. The van der Waals surface area contributed by atoms with Crippen LogP contribution in [-0.2, 0) is 16.1 Å². The second-order valence-corrected chi connectivity index (χ2v) is 6.81. The Morgan fingerprint density at radius 1 is 0.967 bits per heavy atom. The number of ketones is 1. The van der Waals surface area contributed by atoms with Crippen LogP contribution in [0.1, 0.15) is 22.7 Å². The summed E-state index contributed by atoms with van der Waals surface area (Å²) in [6, 6.07) is 13.0. The van der Waals surface area contributed by atoms with Crippen molar-refractivity contribution in [3.05, 3.63) is 107 Å². The van der Waals surface area contributed by atoms with Crippen molar-refractivity contribution in [2.75, 3.05) is 0 Å². The number of amides is 1. The number of carbonyl (C=O) groups excluding carboxylic acids is 2. The highest BCUT2D eigenvalue weighted by molar-refractivity contribution is 6.46. The quantitative estimate of drug-likeness (QED) is 0.404. The predicted octanol–water partition coefficient (Wildman–Crippen LogP) is 3.98. The number of aliphatic hydroxyl groups is 1. The van der Waals surface area contributed by atoms with Gasteiger partial charge < -0.3 is 10.0 Å². The maximum Gasteiger partial charge on any atom is 0.295 e. The van der Waals surface area contributed by atoms with E-state index in [9.17, 15) is 23.5 Å². The van der Waals surface area contributed by atoms with Crippen molar-refractivity contribution in [1.82, 2.24) is 9.88 Å². The van der Waals surface area contributed by atoms with Gasteiger partial charge in [-0.1, -0.05) is 30.3 Å². The molecule has 1 aliphatic rings. The summed E-state index contributed by atoms with van der Waals surface area (Å²) in [6.07, 6.45) is 2.86. The molecule has 1 saturated heterocycles. The minimum absolute atomic E-state index is 0.0586. The monoisotopic (exact) mass is 406 g/mol. The summed E-state index contributed by atoms with van der Waals surface area (Å²) in [5, 5.41) is 10.8. The fourth-order valence-electron chi connectivity index (χ4n) is 3.52. The van der Waals surface area contributed by atoms with Gasteiger partial charge in [-0.2, -0.15) is 0 Å². The number of aromatic nitrogens is 1. The van der Waals surface area contributed by atoms with Gasteiger partial charge in [0, 0.05) is 30.1 Å². The van der Waals surface area contributed by atoms with Gasteiger partial charge in [0.05, 0.1) is 11.6 Å². The molecule has 0 radical (unpaired) electrons. The molecule has 2 aromatic carbocycles. The van der Waals surface area contributed by atoms with Crippen LogP contribution < -0.4 is 0 Å². The second-order valence-electron chi connectivity index (χ2n) is 6.81. The minimum atomic E-state index is -1.13.